The van der Waals surface area contributed by atoms with Gasteiger partial charge in [-0.05, 0) is 25.0 Å². The number of hydrogen-bond donors (Lipinski definition) is 0. The predicted molar refractivity (Wildman–Crippen MR) is 97.2 cm³/mol. The highest BCUT2D eigenvalue weighted by Crippen LogP contribution is 2.23. The van der Waals surface area contributed by atoms with Gasteiger partial charge in [0.05, 0.1) is 5.02 Å². The second kappa shape index (κ2) is 6.81. The van der Waals surface area contributed by atoms with Gasteiger partial charge in [-0.15, -0.1) is 0 Å². The summed E-state index contributed by atoms with van der Waals surface area (Å²) in [5, 5.41) is 0.674. The zero-order valence-corrected chi connectivity index (χ0v) is 14.4. The van der Waals surface area contributed by atoms with Crippen molar-refractivity contribution in [1.29, 1.82) is 0 Å². The molecule has 126 valence electrons. The van der Waals surface area contributed by atoms with Crippen LogP contribution in [0.1, 0.15) is 12.8 Å². The first-order chi connectivity index (χ1) is 11.8. The third-order valence-electron chi connectivity index (χ3n) is 4.71. The summed E-state index contributed by atoms with van der Waals surface area (Å²) >= 11 is 5.92. The van der Waals surface area contributed by atoms with E-state index in [-0.39, 0.29) is 0 Å². The SMILES string of the molecule is Clc1ccc(N2CCN(c3cc(N4CCCC4)ncn3)CC2)nc1. The van der Waals surface area contributed by atoms with Crippen LogP contribution >= 0.6 is 11.6 Å². The molecule has 0 aliphatic carbocycles. The number of nitrogens with zero attached hydrogens (tertiary/aromatic N) is 6. The molecule has 0 aromatic carbocycles. The standard InChI is InChI=1S/C17H21ClN6/c18-14-3-4-15(19-12-14)23-7-9-24(10-8-23)17-11-16(20-13-21-17)22-5-1-2-6-22/h3-4,11-13H,1-2,5-10H2. The maximum Gasteiger partial charge on any atom is 0.134 e. The summed E-state index contributed by atoms with van der Waals surface area (Å²) in [5.41, 5.74) is 0. The summed E-state index contributed by atoms with van der Waals surface area (Å²) < 4.78 is 0. The van der Waals surface area contributed by atoms with Crippen LogP contribution in [-0.2, 0) is 0 Å². The van der Waals surface area contributed by atoms with Gasteiger partial charge in [-0.1, -0.05) is 11.6 Å². The Morgan fingerprint density at radius 2 is 1.29 bits per heavy atom. The predicted octanol–water partition coefficient (Wildman–Crippen LogP) is 2.45. The van der Waals surface area contributed by atoms with Crippen molar-refractivity contribution >= 4 is 29.1 Å². The van der Waals surface area contributed by atoms with Gasteiger partial charge in [0.15, 0.2) is 0 Å². The fourth-order valence-corrected chi connectivity index (χ4v) is 3.46. The Bertz CT molecular complexity index is 678. The summed E-state index contributed by atoms with van der Waals surface area (Å²) in [6, 6.07) is 6.00. The monoisotopic (exact) mass is 344 g/mol. The molecule has 0 radical (unpaired) electrons. The van der Waals surface area contributed by atoms with E-state index in [1.54, 1.807) is 12.5 Å². The minimum atomic E-state index is 0.674. The Kier molecular flexibility index (Phi) is 4.38. The van der Waals surface area contributed by atoms with Gasteiger partial charge in [0, 0.05) is 51.5 Å². The van der Waals surface area contributed by atoms with Gasteiger partial charge in [0.25, 0.3) is 0 Å². The second-order valence-electron chi connectivity index (χ2n) is 6.24. The zero-order valence-electron chi connectivity index (χ0n) is 13.6. The molecule has 0 spiro atoms. The summed E-state index contributed by atoms with van der Waals surface area (Å²) in [6.45, 7) is 5.93. The largest absolute Gasteiger partial charge is 0.356 e. The normalized spacial score (nSPS) is 18.3. The summed E-state index contributed by atoms with van der Waals surface area (Å²) in [7, 11) is 0. The highest BCUT2D eigenvalue weighted by molar-refractivity contribution is 6.30. The van der Waals surface area contributed by atoms with Crippen molar-refractivity contribution < 1.29 is 0 Å². The molecule has 2 aromatic rings. The summed E-state index contributed by atoms with van der Waals surface area (Å²) in [6.07, 6.45) is 5.91. The van der Waals surface area contributed by atoms with Gasteiger partial charge in [-0.25, -0.2) is 15.0 Å². The molecule has 0 N–H and O–H groups in total. The Morgan fingerprint density at radius 3 is 1.88 bits per heavy atom. The van der Waals surface area contributed by atoms with Crippen molar-refractivity contribution in [2.45, 2.75) is 12.8 Å². The van der Waals surface area contributed by atoms with Gasteiger partial charge in [-0.2, -0.15) is 0 Å². The van der Waals surface area contributed by atoms with Crippen LogP contribution in [0.2, 0.25) is 5.02 Å². The van der Waals surface area contributed by atoms with Crippen molar-refractivity contribution in [2.24, 2.45) is 0 Å². The average molecular weight is 345 g/mol. The topological polar surface area (TPSA) is 48.4 Å². The van der Waals surface area contributed by atoms with Gasteiger partial charge in [0.2, 0.25) is 0 Å². The van der Waals surface area contributed by atoms with Crippen LogP contribution < -0.4 is 14.7 Å². The van der Waals surface area contributed by atoms with E-state index in [1.807, 2.05) is 12.1 Å². The lowest BCUT2D eigenvalue weighted by molar-refractivity contribution is 0.641. The number of piperazine rings is 1. The molecule has 2 saturated heterocycles. The molecule has 0 atom stereocenters. The van der Waals surface area contributed by atoms with Gasteiger partial charge in [-0.3, -0.25) is 0 Å². The number of halogens is 1. The smallest absolute Gasteiger partial charge is 0.134 e. The number of anilines is 3. The molecule has 0 unspecified atom stereocenters. The van der Waals surface area contributed by atoms with E-state index in [0.29, 0.717) is 5.02 Å². The van der Waals surface area contributed by atoms with Crippen molar-refractivity contribution in [2.75, 3.05) is 54.0 Å². The first kappa shape index (κ1) is 15.4. The van der Waals surface area contributed by atoms with Gasteiger partial charge in [0.1, 0.15) is 23.8 Å². The number of aromatic nitrogens is 3. The number of hydrogen-bond acceptors (Lipinski definition) is 6. The van der Waals surface area contributed by atoms with Crippen LogP contribution in [-0.4, -0.2) is 54.2 Å². The third kappa shape index (κ3) is 3.24. The van der Waals surface area contributed by atoms with Crippen molar-refractivity contribution in [3.05, 3.63) is 35.7 Å². The molecule has 24 heavy (non-hydrogen) atoms. The Balaban J connectivity index is 1.42. The fourth-order valence-electron chi connectivity index (χ4n) is 3.35. The second-order valence-corrected chi connectivity index (χ2v) is 6.67. The Morgan fingerprint density at radius 1 is 0.708 bits per heavy atom. The van der Waals surface area contributed by atoms with E-state index in [0.717, 1.165) is 56.7 Å². The van der Waals surface area contributed by atoms with Gasteiger partial charge < -0.3 is 14.7 Å². The van der Waals surface area contributed by atoms with Crippen LogP contribution in [0.25, 0.3) is 0 Å². The van der Waals surface area contributed by atoms with Crippen LogP contribution in [0.4, 0.5) is 17.5 Å². The van der Waals surface area contributed by atoms with Crippen LogP contribution in [0.15, 0.2) is 30.7 Å². The molecule has 2 fully saturated rings. The van der Waals surface area contributed by atoms with E-state index in [4.69, 9.17) is 11.6 Å². The lowest BCUT2D eigenvalue weighted by Crippen LogP contribution is -2.47. The van der Waals surface area contributed by atoms with Crippen LogP contribution in [0.3, 0.4) is 0 Å². The maximum atomic E-state index is 5.92. The highest BCUT2D eigenvalue weighted by atomic mass is 35.5. The molecular weight excluding hydrogens is 324 g/mol. The van der Waals surface area contributed by atoms with Crippen molar-refractivity contribution in [3.8, 4) is 0 Å². The van der Waals surface area contributed by atoms with E-state index < -0.39 is 0 Å². The first-order valence-corrected chi connectivity index (χ1v) is 8.86. The van der Waals surface area contributed by atoms with Gasteiger partial charge >= 0.3 is 0 Å². The molecule has 4 rings (SSSR count). The molecule has 2 aliphatic rings. The number of pyridine rings is 1. The lowest BCUT2D eigenvalue weighted by Gasteiger charge is -2.36. The number of rotatable bonds is 3. The molecule has 2 aromatic heterocycles. The first-order valence-electron chi connectivity index (χ1n) is 8.48. The van der Waals surface area contributed by atoms with E-state index >= 15 is 0 Å². The zero-order chi connectivity index (χ0) is 16.4. The summed E-state index contributed by atoms with van der Waals surface area (Å²) in [4.78, 5) is 20.3. The molecule has 7 heteroatoms. The van der Waals surface area contributed by atoms with Crippen LogP contribution in [0, 0.1) is 0 Å². The molecule has 0 amide bonds. The highest BCUT2D eigenvalue weighted by Gasteiger charge is 2.21. The summed E-state index contributed by atoms with van der Waals surface area (Å²) in [5.74, 6) is 3.06. The Labute approximate surface area is 147 Å². The maximum absolute atomic E-state index is 5.92. The van der Waals surface area contributed by atoms with Crippen molar-refractivity contribution in [3.63, 3.8) is 0 Å². The third-order valence-corrected chi connectivity index (χ3v) is 4.93. The fraction of sp³-hybridized carbons (Fsp3) is 0.471. The van der Waals surface area contributed by atoms with E-state index in [9.17, 15) is 0 Å². The molecular formula is C17H21ClN6. The minimum Gasteiger partial charge on any atom is -0.356 e. The molecule has 2 aliphatic heterocycles. The van der Waals surface area contributed by atoms with Crippen molar-refractivity contribution in [1.82, 2.24) is 15.0 Å². The molecule has 0 saturated carbocycles. The molecule has 6 nitrogen and oxygen atoms in total. The lowest BCUT2D eigenvalue weighted by atomic mass is 10.3. The minimum absolute atomic E-state index is 0.674. The van der Waals surface area contributed by atoms with E-state index in [2.05, 4.69) is 35.7 Å². The molecule has 4 heterocycles. The van der Waals surface area contributed by atoms with Crippen LogP contribution in [0.5, 0.6) is 0 Å². The average Bonchev–Trinajstić information content (AvgIpc) is 3.17. The molecule has 0 bridgehead atoms. The quantitative estimate of drug-likeness (QED) is 0.852. The van der Waals surface area contributed by atoms with E-state index in [1.165, 1.54) is 12.8 Å². The Hall–Kier alpha value is -2.08.